The maximum absolute atomic E-state index is 13.0. The van der Waals surface area contributed by atoms with Gasteiger partial charge in [-0.1, -0.05) is 36.2 Å². The highest BCUT2D eigenvalue weighted by Crippen LogP contribution is 2.44. The molecule has 0 amide bonds. The lowest BCUT2D eigenvalue weighted by atomic mass is 9.77. The minimum atomic E-state index is -4.13. The molecule has 2 heterocycles. The van der Waals surface area contributed by atoms with Crippen molar-refractivity contribution in [2.24, 2.45) is 11.8 Å². The minimum Gasteiger partial charge on any atom is -0.489 e. The molecule has 0 aromatic heterocycles. The molecule has 2 bridgehead atoms. The van der Waals surface area contributed by atoms with E-state index in [1.54, 1.807) is 0 Å². The molecule has 2 saturated heterocycles. The van der Waals surface area contributed by atoms with E-state index >= 15 is 0 Å². The van der Waals surface area contributed by atoms with Crippen molar-refractivity contribution < 1.29 is 27.8 Å². The average molecular weight is 524 g/mol. The highest BCUT2D eigenvalue weighted by molar-refractivity contribution is 6.37. The minimum absolute atomic E-state index is 0.0896. The zero-order valence-electron chi connectivity index (χ0n) is 20.4. The van der Waals surface area contributed by atoms with Gasteiger partial charge in [0.25, 0.3) is 0 Å². The summed E-state index contributed by atoms with van der Waals surface area (Å²) in [7, 11) is 0. The number of aliphatic carboxylic acids is 1. The predicted molar refractivity (Wildman–Crippen MR) is 133 cm³/mol. The molecular formula is C28H33ClF3NO3. The van der Waals surface area contributed by atoms with Crippen LogP contribution in [0, 0.1) is 11.8 Å². The first kappa shape index (κ1) is 25.7. The van der Waals surface area contributed by atoms with Crippen molar-refractivity contribution >= 4 is 28.3 Å². The number of halogens is 4. The molecule has 2 aromatic carbocycles. The third kappa shape index (κ3) is 5.06. The Labute approximate surface area is 214 Å². The molecule has 1 saturated carbocycles. The first-order chi connectivity index (χ1) is 17.1. The Morgan fingerprint density at radius 1 is 1.06 bits per heavy atom. The van der Waals surface area contributed by atoms with Gasteiger partial charge in [0.2, 0.25) is 0 Å². The number of hydrogen-bond acceptors (Lipinski definition) is 3. The monoisotopic (exact) mass is 523 g/mol. The van der Waals surface area contributed by atoms with Crippen LogP contribution in [-0.2, 0) is 4.79 Å². The van der Waals surface area contributed by atoms with Crippen molar-refractivity contribution in [1.29, 1.82) is 0 Å². The number of carboxylic acids is 1. The number of fused-ring (bicyclic) bond motifs is 3. The summed E-state index contributed by atoms with van der Waals surface area (Å²) in [5, 5.41) is 11.9. The number of ether oxygens (including phenoxy) is 1. The third-order valence-corrected chi connectivity index (χ3v) is 9.07. The molecule has 196 valence electrons. The molecule has 2 unspecified atom stereocenters. The molecule has 1 aliphatic carbocycles. The van der Waals surface area contributed by atoms with Crippen LogP contribution in [0.25, 0.3) is 10.8 Å². The number of piperidine rings is 2. The lowest BCUT2D eigenvalue weighted by molar-refractivity contribution is -0.185. The molecule has 2 aromatic rings. The Kier molecular flexibility index (Phi) is 7.16. The Hall–Kier alpha value is -1.99. The van der Waals surface area contributed by atoms with Crippen LogP contribution in [-0.4, -0.2) is 40.3 Å². The van der Waals surface area contributed by atoms with Gasteiger partial charge in [0.05, 0.1) is 23.0 Å². The molecule has 3 fully saturated rings. The summed E-state index contributed by atoms with van der Waals surface area (Å²) in [4.78, 5) is 14.2. The van der Waals surface area contributed by atoms with Crippen molar-refractivity contribution in [2.75, 3.05) is 0 Å². The molecule has 8 heteroatoms. The molecular weight excluding hydrogens is 491 g/mol. The zero-order valence-corrected chi connectivity index (χ0v) is 21.2. The van der Waals surface area contributed by atoms with E-state index in [0.29, 0.717) is 36.5 Å². The highest BCUT2D eigenvalue weighted by atomic mass is 35.5. The van der Waals surface area contributed by atoms with Gasteiger partial charge in [0.15, 0.2) is 0 Å². The van der Waals surface area contributed by atoms with Crippen LogP contribution < -0.4 is 4.74 Å². The number of carbonyl (C=O) groups is 1. The maximum Gasteiger partial charge on any atom is 0.391 e. The molecule has 36 heavy (non-hydrogen) atoms. The summed E-state index contributed by atoms with van der Waals surface area (Å²) < 4.78 is 45.0. The quantitative estimate of drug-likeness (QED) is 0.435. The van der Waals surface area contributed by atoms with E-state index in [4.69, 9.17) is 16.3 Å². The fourth-order valence-corrected chi connectivity index (χ4v) is 7.03. The van der Waals surface area contributed by atoms with E-state index in [1.807, 2.05) is 18.2 Å². The van der Waals surface area contributed by atoms with Gasteiger partial charge in [0, 0.05) is 23.5 Å². The summed E-state index contributed by atoms with van der Waals surface area (Å²) in [6.07, 6.45) is 1.17. The van der Waals surface area contributed by atoms with Crippen LogP contribution in [0.1, 0.15) is 76.3 Å². The Bertz CT molecular complexity index is 1100. The van der Waals surface area contributed by atoms with Gasteiger partial charge < -0.3 is 9.84 Å². The number of carboxylic acid groups (broad SMARTS) is 1. The summed E-state index contributed by atoms with van der Waals surface area (Å²) in [5.41, 5.74) is 1.17. The van der Waals surface area contributed by atoms with Gasteiger partial charge in [-0.3, -0.25) is 9.69 Å². The molecule has 1 N–H and O–H groups in total. The largest absolute Gasteiger partial charge is 0.489 e. The number of benzene rings is 2. The smallest absolute Gasteiger partial charge is 0.391 e. The second kappa shape index (κ2) is 10.1. The Balaban J connectivity index is 1.31. The lowest BCUT2D eigenvalue weighted by Crippen LogP contribution is -2.53. The molecule has 3 aliphatic rings. The van der Waals surface area contributed by atoms with Crippen LogP contribution in [0.4, 0.5) is 13.2 Å². The van der Waals surface area contributed by atoms with Gasteiger partial charge in [-0.15, -0.1) is 0 Å². The maximum atomic E-state index is 13.0. The van der Waals surface area contributed by atoms with Crippen molar-refractivity contribution in [2.45, 2.75) is 95.1 Å². The highest BCUT2D eigenvalue weighted by Gasteiger charge is 2.43. The SMILES string of the molecule is C[C@H](c1ccc2c(Cl)c(OC3CCC(C(F)(F)F)CC3)ccc2c1)N1C2CCCC1CC(C(=O)O)C2. The van der Waals surface area contributed by atoms with Crippen molar-refractivity contribution in [1.82, 2.24) is 4.90 Å². The molecule has 4 nitrogen and oxygen atoms in total. The van der Waals surface area contributed by atoms with Gasteiger partial charge in [-0.25, -0.2) is 0 Å². The lowest BCUT2D eigenvalue weighted by Gasteiger charge is -2.51. The van der Waals surface area contributed by atoms with E-state index in [1.165, 1.54) is 5.56 Å². The normalized spacial score (nSPS) is 30.2. The average Bonchev–Trinajstić information content (AvgIpc) is 2.84. The summed E-state index contributed by atoms with van der Waals surface area (Å²) >= 11 is 6.70. The second-order valence-corrected chi connectivity index (χ2v) is 11.2. The molecule has 0 radical (unpaired) electrons. The van der Waals surface area contributed by atoms with Crippen LogP contribution >= 0.6 is 11.6 Å². The first-order valence-electron chi connectivity index (χ1n) is 13.1. The molecule has 2 aliphatic heterocycles. The fourth-order valence-electron chi connectivity index (χ4n) is 6.75. The molecule has 3 atom stereocenters. The van der Waals surface area contributed by atoms with E-state index in [-0.39, 0.29) is 43.0 Å². The Morgan fingerprint density at radius 2 is 1.72 bits per heavy atom. The number of nitrogens with zero attached hydrogens (tertiary/aromatic N) is 1. The van der Waals surface area contributed by atoms with Crippen molar-refractivity contribution in [3.8, 4) is 5.75 Å². The van der Waals surface area contributed by atoms with Gasteiger partial charge in [-0.2, -0.15) is 13.2 Å². The Morgan fingerprint density at radius 3 is 2.33 bits per heavy atom. The third-order valence-electron chi connectivity index (χ3n) is 8.68. The van der Waals surface area contributed by atoms with Gasteiger partial charge in [0.1, 0.15) is 5.75 Å². The van der Waals surface area contributed by atoms with Crippen molar-refractivity contribution in [3.05, 3.63) is 40.9 Å². The fraction of sp³-hybridized carbons (Fsp3) is 0.607. The van der Waals surface area contributed by atoms with E-state index in [2.05, 4.69) is 24.0 Å². The van der Waals surface area contributed by atoms with Gasteiger partial charge >= 0.3 is 12.1 Å². The van der Waals surface area contributed by atoms with E-state index < -0.39 is 18.1 Å². The van der Waals surface area contributed by atoms with Crippen LogP contribution in [0.2, 0.25) is 5.02 Å². The number of hydrogen-bond donors (Lipinski definition) is 1. The summed E-state index contributed by atoms with van der Waals surface area (Å²) in [6, 6.07) is 10.7. The zero-order chi connectivity index (χ0) is 25.6. The predicted octanol–water partition coefficient (Wildman–Crippen LogP) is 7.77. The standard InChI is InChI=1S/C28H33ClF3NO3/c1-16(33-21-3-2-4-22(33)15-19(14-21)27(34)35)17-5-11-24-18(13-17)6-12-25(26(24)29)36-23-9-7-20(8-10-23)28(30,31)32/h5-6,11-13,16,19-23H,2-4,7-10,14-15H2,1H3,(H,34,35)/t16-,19?,20?,21?,22?,23?/m1/s1. The summed E-state index contributed by atoms with van der Waals surface area (Å²) in [6.45, 7) is 2.20. The first-order valence-corrected chi connectivity index (χ1v) is 13.5. The van der Waals surface area contributed by atoms with Crippen molar-refractivity contribution in [3.63, 3.8) is 0 Å². The molecule has 0 spiro atoms. The number of alkyl halides is 3. The molecule has 5 rings (SSSR count). The number of rotatable bonds is 5. The van der Waals surface area contributed by atoms with Gasteiger partial charge in [-0.05, 0) is 81.4 Å². The van der Waals surface area contributed by atoms with Crippen LogP contribution in [0.3, 0.4) is 0 Å². The van der Waals surface area contributed by atoms with Crippen LogP contribution in [0.15, 0.2) is 30.3 Å². The van der Waals surface area contributed by atoms with Crippen LogP contribution in [0.5, 0.6) is 5.75 Å². The second-order valence-electron chi connectivity index (χ2n) is 10.9. The topological polar surface area (TPSA) is 49.8 Å². The summed E-state index contributed by atoms with van der Waals surface area (Å²) in [5.74, 6) is -1.64. The van der Waals surface area contributed by atoms with E-state index in [0.717, 1.165) is 30.0 Å². The van der Waals surface area contributed by atoms with E-state index in [9.17, 15) is 23.1 Å².